The smallest absolute Gasteiger partial charge is 0.244 e. The summed E-state index contributed by atoms with van der Waals surface area (Å²) in [6, 6.07) is 14.2. The Morgan fingerprint density at radius 3 is 2.79 bits per heavy atom. The van der Waals surface area contributed by atoms with Gasteiger partial charge in [-0.3, -0.25) is 0 Å². The van der Waals surface area contributed by atoms with E-state index < -0.39 is 0 Å². The molecule has 7 heteroatoms. The summed E-state index contributed by atoms with van der Waals surface area (Å²) in [7, 11) is 3.25. The monoisotopic (exact) mass is 377 g/mol. The summed E-state index contributed by atoms with van der Waals surface area (Å²) in [5.41, 5.74) is 3.57. The highest BCUT2D eigenvalue weighted by Crippen LogP contribution is 2.32. The van der Waals surface area contributed by atoms with Gasteiger partial charge in [-0.1, -0.05) is 24.3 Å². The van der Waals surface area contributed by atoms with E-state index >= 15 is 0 Å². The number of aromatic nitrogens is 3. The summed E-state index contributed by atoms with van der Waals surface area (Å²) >= 11 is 0. The maximum absolute atomic E-state index is 5.36. The summed E-state index contributed by atoms with van der Waals surface area (Å²) in [5.74, 6) is 2.70. The third-order valence-corrected chi connectivity index (χ3v) is 4.83. The fourth-order valence-corrected chi connectivity index (χ4v) is 3.44. The van der Waals surface area contributed by atoms with E-state index in [0.29, 0.717) is 24.0 Å². The molecule has 0 saturated heterocycles. The van der Waals surface area contributed by atoms with Crippen LogP contribution in [0.2, 0.25) is 0 Å². The van der Waals surface area contributed by atoms with Crippen molar-refractivity contribution in [2.75, 3.05) is 31.0 Å². The summed E-state index contributed by atoms with van der Waals surface area (Å²) < 4.78 is 10.6. The Labute approximate surface area is 164 Å². The van der Waals surface area contributed by atoms with Gasteiger partial charge in [0.15, 0.2) is 17.3 Å². The number of hydrogen-bond donors (Lipinski definition) is 1. The van der Waals surface area contributed by atoms with E-state index in [1.807, 2.05) is 18.2 Å². The van der Waals surface area contributed by atoms with Crippen molar-refractivity contribution in [3.63, 3.8) is 0 Å². The van der Waals surface area contributed by atoms with Crippen LogP contribution in [0, 0.1) is 0 Å². The Kier molecular flexibility index (Phi) is 5.23. The molecule has 0 aliphatic carbocycles. The van der Waals surface area contributed by atoms with Gasteiger partial charge in [-0.25, -0.2) is 0 Å². The van der Waals surface area contributed by atoms with E-state index in [0.717, 1.165) is 30.8 Å². The molecule has 0 fully saturated rings. The van der Waals surface area contributed by atoms with E-state index in [2.05, 4.69) is 49.7 Å². The van der Waals surface area contributed by atoms with Crippen LogP contribution in [0.1, 0.15) is 17.5 Å². The molecule has 4 rings (SSSR count). The molecule has 28 heavy (non-hydrogen) atoms. The first-order chi connectivity index (χ1) is 13.8. The number of ether oxygens (including phenoxy) is 2. The molecule has 3 aromatic rings. The molecule has 0 unspecified atom stereocenters. The SMILES string of the molecule is COc1ccc(CNc2nncc(N3CCCc4ccccc43)n2)cc1OC. The van der Waals surface area contributed by atoms with Gasteiger partial charge >= 0.3 is 0 Å². The summed E-state index contributed by atoms with van der Waals surface area (Å²) in [5, 5.41) is 11.5. The highest BCUT2D eigenvalue weighted by molar-refractivity contribution is 5.65. The zero-order valence-electron chi connectivity index (χ0n) is 16.1. The number of methoxy groups -OCH3 is 2. The summed E-state index contributed by atoms with van der Waals surface area (Å²) in [6.07, 6.45) is 3.90. The van der Waals surface area contributed by atoms with Crippen molar-refractivity contribution in [1.29, 1.82) is 0 Å². The van der Waals surface area contributed by atoms with Gasteiger partial charge in [0.05, 0.1) is 20.4 Å². The Morgan fingerprint density at radius 1 is 1.07 bits per heavy atom. The molecule has 0 spiro atoms. The molecule has 1 aromatic heterocycles. The number of aryl methyl sites for hydroxylation is 1. The molecular weight excluding hydrogens is 354 g/mol. The first-order valence-corrected chi connectivity index (χ1v) is 9.28. The topological polar surface area (TPSA) is 72.4 Å². The molecule has 0 amide bonds. The normalized spacial score (nSPS) is 13.0. The van der Waals surface area contributed by atoms with Gasteiger partial charge in [0.25, 0.3) is 0 Å². The van der Waals surface area contributed by atoms with E-state index in [9.17, 15) is 0 Å². The maximum atomic E-state index is 5.36. The van der Waals surface area contributed by atoms with Crippen molar-refractivity contribution >= 4 is 17.5 Å². The standard InChI is InChI=1S/C21H23N5O2/c1-27-18-10-9-15(12-19(18)28-2)13-22-21-24-20(14-23-25-21)26-11-5-7-16-6-3-4-8-17(16)26/h3-4,6,8-10,12,14H,5,7,11,13H2,1-2H3,(H,22,24,25). The van der Waals surface area contributed by atoms with Crippen LogP contribution in [-0.2, 0) is 13.0 Å². The van der Waals surface area contributed by atoms with Gasteiger partial charge in [-0.2, -0.15) is 10.1 Å². The van der Waals surface area contributed by atoms with Crippen LogP contribution in [0.3, 0.4) is 0 Å². The second-order valence-electron chi connectivity index (χ2n) is 6.56. The predicted octanol–water partition coefficient (Wildman–Crippen LogP) is 3.59. The van der Waals surface area contributed by atoms with Crippen molar-refractivity contribution < 1.29 is 9.47 Å². The minimum Gasteiger partial charge on any atom is -0.493 e. The van der Waals surface area contributed by atoms with Gasteiger partial charge < -0.3 is 19.7 Å². The zero-order chi connectivity index (χ0) is 19.3. The van der Waals surface area contributed by atoms with Crippen LogP contribution in [0.25, 0.3) is 0 Å². The zero-order valence-corrected chi connectivity index (χ0v) is 16.1. The van der Waals surface area contributed by atoms with Crippen LogP contribution in [-0.4, -0.2) is 35.9 Å². The quantitative estimate of drug-likeness (QED) is 0.704. The van der Waals surface area contributed by atoms with Gasteiger partial charge in [0.2, 0.25) is 5.95 Å². The number of anilines is 3. The Bertz CT molecular complexity index is 963. The maximum Gasteiger partial charge on any atom is 0.244 e. The largest absolute Gasteiger partial charge is 0.493 e. The second-order valence-corrected chi connectivity index (χ2v) is 6.56. The molecule has 2 aromatic carbocycles. The number of hydrogen-bond acceptors (Lipinski definition) is 7. The van der Waals surface area contributed by atoms with Crippen LogP contribution >= 0.6 is 0 Å². The molecule has 144 valence electrons. The van der Waals surface area contributed by atoms with Crippen molar-refractivity contribution in [1.82, 2.24) is 15.2 Å². The van der Waals surface area contributed by atoms with Gasteiger partial charge in [-0.05, 0) is 42.2 Å². The summed E-state index contributed by atoms with van der Waals surface area (Å²) in [4.78, 5) is 6.88. The molecule has 1 aliphatic rings. The highest BCUT2D eigenvalue weighted by atomic mass is 16.5. The average Bonchev–Trinajstić information content (AvgIpc) is 2.77. The highest BCUT2D eigenvalue weighted by Gasteiger charge is 2.19. The molecule has 1 N–H and O–H groups in total. The number of rotatable bonds is 6. The Balaban J connectivity index is 1.51. The van der Waals surface area contributed by atoms with Crippen LogP contribution < -0.4 is 19.7 Å². The molecule has 0 radical (unpaired) electrons. The first-order valence-electron chi connectivity index (χ1n) is 9.28. The minimum absolute atomic E-state index is 0.496. The van der Waals surface area contributed by atoms with Crippen molar-refractivity contribution in [2.45, 2.75) is 19.4 Å². The van der Waals surface area contributed by atoms with E-state index in [-0.39, 0.29) is 0 Å². The number of benzene rings is 2. The lowest BCUT2D eigenvalue weighted by Crippen LogP contribution is -2.25. The average molecular weight is 377 g/mol. The molecular formula is C21H23N5O2. The van der Waals surface area contributed by atoms with Crippen LogP contribution in [0.4, 0.5) is 17.5 Å². The van der Waals surface area contributed by atoms with E-state index in [1.54, 1.807) is 20.4 Å². The first kappa shape index (κ1) is 18.0. The third kappa shape index (κ3) is 3.69. The van der Waals surface area contributed by atoms with Gasteiger partial charge in [0, 0.05) is 18.8 Å². The fourth-order valence-electron chi connectivity index (χ4n) is 3.44. The molecule has 1 aliphatic heterocycles. The number of para-hydroxylation sites is 1. The molecule has 7 nitrogen and oxygen atoms in total. The molecule has 0 saturated carbocycles. The third-order valence-electron chi connectivity index (χ3n) is 4.83. The number of fused-ring (bicyclic) bond motifs is 1. The summed E-state index contributed by atoms with van der Waals surface area (Å²) in [6.45, 7) is 1.48. The lowest BCUT2D eigenvalue weighted by molar-refractivity contribution is 0.354. The van der Waals surface area contributed by atoms with Crippen LogP contribution in [0.5, 0.6) is 11.5 Å². The molecule has 0 bridgehead atoms. The lowest BCUT2D eigenvalue weighted by atomic mass is 10.0. The van der Waals surface area contributed by atoms with Crippen LogP contribution in [0.15, 0.2) is 48.7 Å². The van der Waals surface area contributed by atoms with E-state index in [4.69, 9.17) is 9.47 Å². The van der Waals surface area contributed by atoms with Gasteiger partial charge in [-0.15, -0.1) is 5.10 Å². The Morgan fingerprint density at radius 2 is 1.93 bits per heavy atom. The number of nitrogens with one attached hydrogen (secondary N) is 1. The minimum atomic E-state index is 0.496. The Hall–Kier alpha value is -3.35. The second kappa shape index (κ2) is 8.12. The van der Waals surface area contributed by atoms with Crippen molar-refractivity contribution in [2.24, 2.45) is 0 Å². The predicted molar refractivity (Wildman–Crippen MR) is 108 cm³/mol. The molecule has 0 atom stereocenters. The fraction of sp³-hybridized carbons (Fsp3) is 0.286. The molecule has 2 heterocycles. The lowest BCUT2D eigenvalue weighted by Gasteiger charge is -2.30. The van der Waals surface area contributed by atoms with E-state index in [1.165, 1.54) is 11.3 Å². The van der Waals surface area contributed by atoms with Crippen molar-refractivity contribution in [3.8, 4) is 11.5 Å². The van der Waals surface area contributed by atoms with Crippen molar-refractivity contribution in [3.05, 3.63) is 59.8 Å². The number of nitrogens with zero attached hydrogens (tertiary/aromatic N) is 4. The van der Waals surface area contributed by atoms with Gasteiger partial charge in [0.1, 0.15) is 0 Å².